The third-order valence-corrected chi connectivity index (χ3v) is 4.41. The van der Waals surface area contributed by atoms with E-state index >= 15 is 0 Å². The van der Waals surface area contributed by atoms with E-state index in [1.807, 2.05) is 6.07 Å². The van der Waals surface area contributed by atoms with Crippen LogP contribution in [0.3, 0.4) is 0 Å². The molecule has 0 unspecified atom stereocenters. The van der Waals surface area contributed by atoms with Crippen molar-refractivity contribution in [2.75, 3.05) is 39.4 Å². The topological polar surface area (TPSA) is 41.6 Å². The highest BCUT2D eigenvalue weighted by molar-refractivity contribution is 6.42. The number of ether oxygens (including phenoxy) is 1. The molecule has 6 heteroatoms. The molecule has 1 N–H and O–H groups in total. The van der Waals surface area contributed by atoms with Crippen molar-refractivity contribution in [2.45, 2.75) is 12.8 Å². The number of benzene rings is 1. The highest BCUT2D eigenvalue weighted by Gasteiger charge is 2.08. The number of morpholine rings is 1. The van der Waals surface area contributed by atoms with E-state index < -0.39 is 0 Å². The normalized spacial score (nSPS) is 15.9. The average Bonchev–Trinajstić information content (AvgIpc) is 2.56. The Morgan fingerprint density at radius 3 is 2.74 bits per heavy atom. The molecule has 1 heterocycles. The molecule has 0 bridgehead atoms. The van der Waals surface area contributed by atoms with Crippen molar-refractivity contribution in [2.24, 2.45) is 0 Å². The van der Waals surface area contributed by atoms with Crippen molar-refractivity contribution in [1.82, 2.24) is 10.2 Å². The standard InChI is InChI=1S/C17H22Cl2N2O2/c18-15-5-3-14(13-16(15)19)4-6-17(22)20-7-1-2-8-21-9-11-23-12-10-21/h3-6,13H,1-2,7-12H2,(H,20,22)/b6-4-. The third-order valence-electron chi connectivity index (χ3n) is 3.67. The van der Waals surface area contributed by atoms with Crippen LogP contribution in [0.5, 0.6) is 0 Å². The molecule has 0 saturated carbocycles. The van der Waals surface area contributed by atoms with E-state index in [0.29, 0.717) is 16.6 Å². The van der Waals surface area contributed by atoms with Gasteiger partial charge in [0.15, 0.2) is 0 Å². The molecule has 1 aromatic rings. The third kappa shape index (κ3) is 6.92. The number of hydrogen-bond donors (Lipinski definition) is 1. The van der Waals surface area contributed by atoms with E-state index in [0.717, 1.165) is 51.3 Å². The number of hydrogen-bond acceptors (Lipinski definition) is 3. The van der Waals surface area contributed by atoms with Crippen LogP contribution >= 0.6 is 23.2 Å². The van der Waals surface area contributed by atoms with E-state index in [4.69, 9.17) is 27.9 Å². The quantitative estimate of drug-likeness (QED) is 0.602. The minimum absolute atomic E-state index is 0.0950. The molecule has 1 aromatic carbocycles. The van der Waals surface area contributed by atoms with E-state index in [-0.39, 0.29) is 5.91 Å². The zero-order chi connectivity index (χ0) is 16.5. The van der Waals surface area contributed by atoms with Gasteiger partial charge in [-0.05, 0) is 43.2 Å². The van der Waals surface area contributed by atoms with Crippen LogP contribution in [0.15, 0.2) is 24.3 Å². The molecule has 23 heavy (non-hydrogen) atoms. The Kier molecular flexibility index (Phi) is 7.89. The lowest BCUT2D eigenvalue weighted by Crippen LogP contribution is -2.37. The molecule has 1 saturated heterocycles. The maximum absolute atomic E-state index is 11.7. The van der Waals surface area contributed by atoms with Gasteiger partial charge in [0.25, 0.3) is 0 Å². The summed E-state index contributed by atoms with van der Waals surface area (Å²) in [6.07, 6.45) is 5.30. The first-order valence-electron chi connectivity index (χ1n) is 7.86. The van der Waals surface area contributed by atoms with Crippen molar-refractivity contribution < 1.29 is 9.53 Å². The molecule has 0 atom stereocenters. The molecular formula is C17H22Cl2N2O2. The number of carbonyl (C=O) groups excluding carboxylic acids is 1. The zero-order valence-electron chi connectivity index (χ0n) is 13.1. The highest BCUT2D eigenvalue weighted by Crippen LogP contribution is 2.23. The van der Waals surface area contributed by atoms with Gasteiger partial charge in [0.05, 0.1) is 23.3 Å². The number of amides is 1. The number of rotatable bonds is 7. The molecule has 2 rings (SSSR count). The fourth-order valence-corrected chi connectivity index (χ4v) is 2.65. The molecule has 1 fully saturated rings. The lowest BCUT2D eigenvalue weighted by molar-refractivity contribution is -0.116. The van der Waals surface area contributed by atoms with Crippen LogP contribution in [0, 0.1) is 0 Å². The van der Waals surface area contributed by atoms with Gasteiger partial charge in [0.1, 0.15) is 0 Å². The minimum atomic E-state index is -0.0950. The SMILES string of the molecule is O=C(/C=C\c1ccc(Cl)c(Cl)c1)NCCCCN1CCOCC1. The maximum Gasteiger partial charge on any atom is 0.243 e. The second kappa shape index (κ2) is 9.93. The molecule has 0 radical (unpaired) electrons. The summed E-state index contributed by atoms with van der Waals surface area (Å²) in [4.78, 5) is 14.1. The van der Waals surface area contributed by atoms with E-state index in [1.165, 1.54) is 6.08 Å². The summed E-state index contributed by atoms with van der Waals surface area (Å²) in [6, 6.07) is 5.27. The summed E-state index contributed by atoms with van der Waals surface area (Å²) in [5.74, 6) is -0.0950. The van der Waals surface area contributed by atoms with Crippen LogP contribution in [0.1, 0.15) is 18.4 Å². The molecule has 0 spiro atoms. The zero-order valence-corrected chi connectivity index (χ0v) is 14.6. The fraction of sp³-hybridized carbons (Fsp3) is 0.471. The van der Waals surface area contributed by atoms with Gasteiger partial charge < -0.3 is 10.1 Å². The van der Waals surface area contributed by atoms with E-state index in [1.54, 1.807) is 18.2 Å². The van der Waals surface area contributed by atoms with E-state index in [9.17, 15) is 4.79 Å². The minimum Gasteiger partial charge on any atom is -0.379 e. The average molecular weight is 357 g/mol. The number of nitrogens with one attached hydrogen (secondary N) is 1. The summed E-state index contributed by atoms with van der Waals surface area (Å²) < 4.78 is 5.31. The van der Waals surface area contributed by atoms with Gasteiger partial charge in [-0.15, -0.1) is 0 Å². The van der Waals surface area contributed by atoms with Gasteiger partial charge in [-0.25, -0.2) is 0 Å². The molecular weight excluding hydrogens is 335 g/mol. The summed E-state index contributed by atoms with van der Waals surface area (Å²) in [5, 5.41) is 3.88. The number of halogens is 2. The van der Waals surface area contributed by atoms with Crippen LogP contribution in [0.25, 0.3) is 6.08 Å². The van der Waals surface area contributed by atoms with Gasteiger partial charge >= 0.3 is 0 Å². The molecule has 4 nitrogen and oxygen atoms in total. The van der Waals surface area contributed by atoms with Gasteiger partial charge in [-0.1, -0.05) is 29.3 Å². The summed E-state index contributed by atoms with van der Waals surface area (Å²) in [5.41, 5.74) is 0.849. The maximum atomic E-state index is 11.7. The highest BCUT2D eigenvalue weighted by atomic mass is 35.5. The molecule has 1 aliphatic heterocycles. The number of carbonyl (C=O) groups is 1. The predicted molar refractivity (Wildman–Crippen MR) is 95.0 cm³/mol. The largest absolute Gasteiger partial charge is 0.379 e. The van der Waals surface area contributed by atoms with Crippen LogP contribution in [-0.4, -0.2) is 50.2 Å². The van der Waals surface area contributed by atoms with Crippen molar-refractivity contribution in [1.29, 1.82) is 0 Å². The Balaban J connectivity index is 1.60. The lowest BCUT2D eigenvalue weighted by Gasteiger charge is -2.26. The Labute approximate surface area is 147 Å². The summed E-state index contributed by atoms with van der Waals surface area (Å²) >= 11 is 11.8. The first-order chi connectivity index (χ1) is 11.1. The van der Waals surface area contributed by atoms with Crippen molar-refractivity contribution in [3.05, 3.63) is 39.9 Å². The lowest BCUT2D eigenvalue weighted by atomic mass is 10.2. The van der Waals surface area contributed by atoms with Gasteiger partial charge in [0.2, 0.25) is 5.91 Å². The van der Waals surface area contributed by atoms with Gasteiger partial charge in [0, 0.05) is 25.7 Å². The van der Waals surface area contributed by atoms with E-state index in [2.05, 4.69) is 10.2 Å². The van der Waals surface area contributed by atoms with Crippen molar-refractivity contribution in [3.8, 4) is 0 Å². The Morgan fingerprint density at radius 1 is 1.22 bits per heavy atom. The predicted octanol–water partition coefficient (Wildman–Crippen LogP) is 3.24. The Bertz CT molecular complexity index is 543. The summed E-state index contributed by atoms with van der Waals surface area (Å²) in [7, 11) is 0. The van der Waals surface area contributed by atoms with Crippen LogP contribution in [-0.2, 0) is 9.53 Å². The first kappa shape index (κ1) is 18.3. The Hall–Kier alpha value is -1.07. The van der Waals surface area contributed by atoms with Crippen LogP contribution in [0.2, 0.25) is 10.0 Å². The van der Waals surface area contributed by atoms with Gasteiger partial charge in [-0.2, -0.15) is 0 Å². The molecule has 0 aliphatic carbocycles. The number of nitrogens with zero attached hydrogens (tertiary/aromatic N) is 1. The smallest absolute Gasteiger partial charge is 0.243 e. The van der Waals surface area contributed by atoms with Gasteiger partial charge in [-0.3, -0.25) is 9.69 Å². The van der Waals surface area contributed by atoms with Crippen LogP contribution in [0.4, 0.5) is 0 Å². The fourth-order valence-electron chi connectivity index (χ4n) is 2.34. The molecule has 1 amide bonds. The summed E-state index contributed by atoms with van der Waals surface area (Å²) in [6.45, 7) is 5.44. The number of unbranched alkanes of at least 4 members (excludes halogenated alkanes) is 1. The molecule has 126 valence electrons. The van der Waals surface area contributed by atoms with Crippen LogP contribution < -0.4 is 5.32 Å². The Morgan fingerprint density at radius 2 is 2.00 bits per heavy atom. The van der Waals surface area contributed by atoms with Crippen molar-refractivity contribution in [3.63, 3.8) is 0 Å². The first-order valence-corrected chi connectivity index (χ1v) is 8.62. The van der Waals surface area contributed by atoms with Crippen molar-refractivity contribution >= 4 is 35.2 Å². The molecule has 0 aromatic heterocycles. The monoisotopic (exact) mass is 356 g/mol. The second-order valence-corrected chi connectivity index (χ2v) is 6.27. The molecule has 1 aliphatic rings. The second-order valence-electron chi connectivity index (χ2n) is 5.46.